The van der Waals surface area contributed by atoms with Gasteiger partial charge in [-0.2, -0.15) is 5.26 Å². The van der Waals surface area contributed by atoms with Crippen LogP contribution in [0.4, 0.5) is 19.0 Å². The molecule has 6 nitrogen and oxygen atoms in total. The number of aliphatic hydroxyl groups is 1. The van der Waals surface area contributed by atoms with E-state index in [1.165, 1.54) is 13.1 Å². The van der Waals surface area contributed by atoms with Crippen LogP contribution in [0.2, 0.25) is 0 Å². The minimum absolute atomic E-state index is 0.0431. The van der Waals surface area contributed by atoms with E-state index in [0.29, 0.717) is 22.3 Å². The van der Waals surface area contributed by atoms with Crippen LogP contribution in [0, 0.1) is 18.3 Å². The minimum Gasteiger partial charge on any atom is -0.382 e. The van der Waals surface area contributed by atoms with Crippen molar-refractivity contribution in [2.75, 3.05) is 5.32 Å². The smallest absolute Gasteiger partial charge is 0.268 e. The average molecular weight is 361 g/mol. The largest absolute Gasteiger partial charge is 0.382 e. The number of halogens is 3. The molecule has 2 unspecified atom stereocenters. The molecule has 0 aliphatic heterocycles. The number of aromatic amines is 1. The lowest BCUT2D eigenvalue weighted by Gasteiger charge is -2.17. The molecule has 0 radical (unpaired) electrons. The maximum atomic E-state index is 13.6. The van der Waals surface area contributed by atoms with Crippen LogP contribution in [0.25, 0.3) is 22.2 Å². The van der Waals surface area contributed by atoms with Crippen molar-refractivity contribution in [2.45, 2.75) is 25.7 Å². The number of aliphatic hydroxyl groups excluding tert-OH is 1. The highest BCUT2D eigenvalue weighted by Gasteiger charge is 2.28. The number of fused-ring (bicyclic) bond motifs is 1. The van der Waals surface area contributed by atoms with Gasteiger partial charge in [-0.1, -0.05) is 12.1 Å². The molecule has 0 aliphatic rings. The van der Waals surface area contributed by atoms with Gasteiger partial charge in [-0.05, 0) is 13.0 Å². The van der Waals surface area contributed by atoms with E-state index in [1.807, 2.05) is 6.07 Å². The summed E-state index contributed by atoms with van der Waals surface area (Å²) in [6, 6.07) is 7.34. The first-order chi connectivity index (χ1) is 12.4. The van der Waals surface area contributed by atoms with Gasteiger partial charge in [-0.25, -0.2) is 23.1 Å². The molecular formula is C17H14F3N5O. The van der Waals surface area contributed by atoms with Gasteiger partial charge in [0.25, 0.3) is 6.43 Å². The summed E-state index contributed by atoms with van der Waals surface area (Å²) < 4.78 is 38.3. The molecule has 0 bridgehead atoms. The van der Waals surface area contributed by atoms with Crippen molar-refractivity contribution >= 4 is 16.7 Å². The van der Waals surface area contributed by atoms with E-state index in [-0.39, 0.29) is 11.5 Å². The molecule has 0 saturated heterocycles. The lowest BCUT2D eigenvalue weighted by molar-refractivity contribution is -0.0408. The summed E-state index contributed by atoms with van der Waals surface area (Å²) in [4.78, 5) is 11.3. The van der Waals surface area contributed by atoms with Crippen LogP contribution in [-0.4, -0.2) is 38.9 Å². The standard InChI is InChI=1S/C17H14F3N5O/c1-8-17(25-16(20)14(26)15(18)19)23-7-12(24-8)11-6-22-13-9(5-21)3-2-4-10(11)13/h2-4,6-7,14-16,22,26H,1H3,(H,23,25). The summed E-state index contributed by atoms with van der Waals surface area (Å²) in [5, 5.41) is 21.1. The highest BCUT2D eigenvalue weighted by Crippen LogP contribution is 2.29. The molecule has 3 N–H and O–H groups in total. The zero-order chi connectivity index (χ0) is 18.8. The molecule has 0 fully saturated rings. The molecule has 26 heavy (non-hydrogen) atoms. The summed E-state index contributed by atoms with van der Waals surface area (Å²) >= 11 is 0. The second-order valence-electron chi connectivity index (χ2n) is 5.60. The fraction of sp³-hybridized carbons (Fsp3) is 0.235. The van der Waals surface area contributed by atoms with Crippen LogP contribution in [0.15, 0.2) is 30.6 Å². The number of aryl methyl sites for hydroxylation is 1. The molecule has 134 valence electrons. The fourth-order valence-corrected chi connectivity index (χ4v) is 2.56. The quantitative estimate of drug-likeness (QED) is 0.607. The van der Waals surface area contributed by atoms with E-state index in [4.69, 9.17) is 10.4 Å². The van der Waals surface area contributed by atoms with Gasteiger partial charge in [0.2, 0.25) is 6.30 Å². The average Bonchev–Trinajstić information content (AvgIpc) is 3.06. The Morgan fingerprint density at radius 2 is 2.08 bits per heavy atom. The number of aromatic nitrogens is 3. The minimum atomic E-state index is -3.22. The van der Waals surface area contributed by atoms with Crippen LogP contribution in [-0.2, 0) is 0 Å². The van der Waals surface area contributed by atoms with Crippen LogP contribution in [0.1, 0.15) is 11.3 Å². The van der Waals surface area contributed by atoms with Crippen molar-refractivity contribution in [3.63, 3.8) is 0 Å². The normalized spacial score (nSPS) is 13.6. The molecule has 9 heteroatoms. The second-order valence-corrected chi connectivity index (χ2v) is 5.60. The van der Waals surface area contributed by atoms with Crippen molar-refractivity contribution < 1.29 is 18.3 Å². The molecule has 0 spiro atoms. The predicted molar refractivity (Wildman–Crippen MR) is 89.3 cm³/mol. The second kappa shape index (κ2) is 7.01. The van der Waals surface area contributed by atoms with Crippen molar-refractivity contribution in [3.8, 4) is 17.3 Å². The van der Waals surface area contributed by atoms with Gasteiger partial charge >= 0.3 is 0 Å². The predicted octanol–water partition coefficient (Wildman–Crippen LogP) is 3.14. The number of nitriles is 1. The molecule has 0 aliphatic carbocycles. The van der Waals surface area contributed by atoms with E-state index in [2.05, 4.69) is 26.3 Å². The van der Waals surface area contributed by atoms with E-state index < -0.39 is 18.8 Å². The highest BCUT2D eigenvalue weighted by molar-refractivity contribution is 5.97. The van der Waals surface area contributed by atoms with Crippen molar-refractivity contribution in [1.29, 1.82) is 5.26 Å². The van der Waals surface area contributed by atoms with Crippen molar-refractivity contribution in [2.24, 2.45) is 0 Å². The first-order valence-corrected chi connectivity index (χ1v) is 7.63. The number of rotatable bonds is 5. The Kier molecular flexibility index (Phi) is 4.77. The maximum absolute atomic E-state index is 13.6. The summed E-state index contributed by atoms with van der Waals surface area (Å²) in [7, 11) is 0. The van der Waals surface area contributed by atoms with Gasteiger partial charge in [0.15, 0.2) is 6.10 Å². The summed E-state index contributed by atoms with van der Waals surface area (Å²) in [6.07, 6.45) is -5.02. The molecule has 3 aromatic rings. The van der Waals surface area contributed by atoms with Gasteiger partial charge in [-0.3, -0.25) is 0 Å². The molecule has 3 rings (SSSR count). The Balaban J connectivity index is 1.92. The molecule has 2 heterocycles. The SMILES string of the molecule is Cc1nc(-c2c[nH]c3c(C#N)cccc23)cnc1NC(F)C(O)C(F)F. The third-order valence-corrected chi connectivity index (χ3v) is 3.89. The first-order valence-electron chi connectivity index (χ1n) is 7.63. The fourth-order valence-electron chi connectivity index (χ4n) is 2.56. The number of nitrogens with zero attached hydrogens (tertiary/aromatic N) is 3. The number of nitrogens with one attached hydrogen (secondary N) is 2. The number of benzene rings is 1. The molecule has 1 aromatic carbocycles. The van der Waals surface area contributed by atoms with E-state index in [0.717, 1.165) is 5.39 Å². The summed E-state index contributed by atoms with van der Waals surface area (Å²) in [6.45, 7) is 1.54. The Morgan fingerprint density at radius 1 is 1.31 bits per heavy atom. The van der Waals surface area contributed by atoms with Gasteiger partial charge in [0, 0.05) is 17.1 Å². The van der Waals surface area contributed by atoms with Crippen LogP contribution < -0.4 is 5.32 Å². The summed E-state index contributed by atoms with van der Waals surface area (Å²) in [5.74, 6) is -0.0431. The molecule has 0 amide bonds. The Morgan fingerprint density at radius 3 is 2.73 bits per heavy atom. The van der Waals surface area contributed by atoms with E-state index >= 15 is 0 Å². The van der Waals surface area contributed by atoms with Gasteiger partial charge in [-0.15, -0.1) is 0 Å². The molecule has 0 saturated carbocycles. The number of hydrogen-bond donors (Lipinski definition) is 3. The number of hydrogen-bond acceptors (Lipinski definition) is 5. The maximum Gasteiger partial charge on any atom is 0.268 e. The number of alkyl halides is 3. The van der Waals surface area contributed by atoms with E-state index in [9.17, 15) is 13.2 Å². The van der Waals surface area contributed by atoms with Crippen LogP contribution in [0.5, 0.6) is 0 Å². The monoisotopic (exact) mass is 361 g/mol. The first kappa shape index (κ1) is 17.7. The van der Waals surface area contributed by atoms with Crippen molar-refractivity contribution in [1.82, 2.24) is 15.0 Å². The van der Waals surface area contributed by atoms with Crippen LogP contribution >= 0.6 is 0 Å². The lowest BCUT2D eigenvalue weighted by atomic mass is 10.1. The highest BCUT2D eigenvalue weighted by atomic mass is 19.3. The Hall–Kier alpha value is -3.12. The van der Waals surface area contributed by atoms with E-state index in [1.54, 1.807) is 18.3 Å². The van der Waals surface area contributed by atoms with Crippen LogP contribution in [0.3, 0.4) is 0 Å². The van der Waals surface area contributed by atoms with Gasteiger partial charge in [0.1, 0.15) is 11.9 Å². The third-order valence-electron chi connectivity index (χ3n) is 3.89. The third kappa shape index (κ3) is 3.19. The zero-order valence-electron chi connectivity index (χ0n) is 13.5. The Bertz CT molecular complexity index is 982. The van der Waals surface area contributed by atoms with Gasteiger partial charge < -0.3 is 15.4 Å². The molecule has 2 aromatic heterocycles. The molecular weight excluding hydrogens is 347 g/mol. The summed E-state index contributed by atoms with van der Waals surface area (Å²) in [5.41, 5.74) is 2.59. The van der Waals surface area contributed by atoms with Gasteiger partial charge in [0.05, 0.1) is 28.7 Å². The number of H-pyrrole nitrogens is 1. The van der Waals surface area contributed by atoms with Crippen molar-refractivity contribution in [3.05, 3.63) is 41.9 Å². The number of para-hydroxylation sites is 1. The Labute approximate surface area is 146 Å². The topological polar surface area (TPSA) is 97.6 Å². The number of anilines is 1. The molecule has 2 atom stereocenters. The lowest BCUT2D eigenvalue weighted by Crippen LogP contribution is -2.35. The zero-order valence-corrected chi connectivity index (χ0v) is 13.5.